The number of fused-ring (bicyclic) bond motifs is 1. The van der Waals surface area contributed by atoms with E-state index in [-0.39, 0.29) is 0 Å². The van der Waals surface area contributed by atoms with E-state index in [0.717, 1.165) is 11.8 Å². The summed E-state index contributed by atoms with van der Waals surface area (Å²) in [4.78, 5) is 0. The Morgan fingerprint density at radius 2 is 1.38 bits per heavy atom. The van der Waals surface area contributed by atoms with Crippen molar-refractivity contribution < 1.29 is 0 Å². The third-order valence-corrected chi connectivity index (χ3v) is 3.57. The summed E-state index contributed by atoms with van der Waals surface area (Å²) < 4.78 is 0. The van der Waals surface area contributed by atoms with E-state index in [1.165, 1.54) is 43.5 Å². The maximum absolute atomic E-state index is 3.33. The molecule has 0 aromatic rings. The van der Waals surface area contributed by atoms with Crippen LogP contribution in [0.3, 0.4) is 0 Å². The fraction of sp³-hybridized carbons (Fsp3) is 0.818. The molecule has 0 bridgehead atoms. The first kappa shape index (κ1) is 8.92. The maximum atomic E-state index is 3.33. The van der Waals surface area contributed by atoms with Crippen LogP contribution in [0.1, 0.15) is 32.1 Å². The zero-order valence-corrected chi connectivity index (χ0v) is 8.69. The highest BCUT2D eigenvalue weighted by Crippen LogP contribution is 2.47. The highest BCUT2D eigenvalue weighted by Gasteiger charge is 2.37. The lowest BCUT2D eigenvalue weighted by molar-refractivity contribution is 0.555. The summed E-state index contributed by atoms with van der Waals surface area (Å²) >= 11 is 0. The van der Waals surface area contributed by atoms with E-state index in [1.54, 1.807) is 0 Å². The minimum Gasteiger partial charge on any atom is -0.390 e. The van der Waals surface area contributed by atoms with Crippen LogP contribution in [0.4, 0.5) is 0 Å². The smallest absolute Gasteiger partial charge is 0.0297 e. The van der Waals surface area contributed by atoms with Crippen LogP contribution in [0, 0.1) is 11.8 Å². The molecule has 0 radical (unpaired) electrons. The number of allylic oxidation sites excluding steroid dienone is 2. The number of hydrogen-bond acceptors (Lipinski definition) is 2. The van der Waals surface area contributed by atoms with E-state index in [0.29, 0.717) is 0 Å². The van der Waals surface area contributed by atoms with Crippen molar-refractivity contribution >= 4 is 0 Å². The van der Waals surface area contributed by atoms with Crippen molar-refractivity contribution in [2.45, 2.75) is 32.1 Å². The van der Waals surface area contributed by atoms with Crippen LogP contribution < -0.4 is 10.6 Å². The van der Waals surface area contributed by atoms with Gasteiger partial charge in [0, 0.05) is 25.5 Å². The summed E-state index contributed by atoms with van der Waals surface area (Å²) in [5.41, 5.74) is 2.88. The first-order chi connectivity index (χ1) is 6.35. The predicted octanol–water partition coefficient (Wildman–Crippen LogP) is 1.85. The molecule has 0 saturated heterocycles. The van der Waals surface area contributed by atoms with Crippen LogP contribution in [0.5, 0.6) is 0 Å². The van der Waals surface area contributed by atoms with Crippen LogP contribution in [0.25, 0.3) is 0 Å². The molecule has 2 aliphatic rings. The quantitative estimate of drug-likeness (QED) is 0.677. The van der Waals surface area contributed by atoms with E-state index in [1.807, 2.05) is 14.1 Å². The van der Waals surface area contributed by atoms with Gasteiger partial charge < -0.3 is 10.6 Å². The molecule has 13 heavy (non-hydrogen) atoms. The standard InChI is InChI=1S/C11H20N2/c1-12-10-5-3-8-7-9(8)4-6-11(10)13-2/h8-9,12-13H,3-7H2,1-2H3/b11-10-. The maximum Gasteiger partial charge on any atom is 0.0297 e. The molecule has 0 spiro atoms. The lowest BCUT2D eigenvalue weighted by Gasteiger charge is -2.17. The number of nitrogens with one attached hydrogen (secondary N) is 2. The van der Waals surface area contributed by atoms with Crippen LogP contribution >= 0.6 is 0 Å². The molecule has 74 valence electrons. The number of hydrogen-bond donors (Lipinski definition) is 2. The van der Waals surface area contributed by atoms with Crippen LogP contribution in [-0.4, -0.2) is 14.1 Å². The van der Waals surface area contributed by atoms with Gasteiger partial charge in [0.05, 0.1) is 0 Å². The third kappa shape index (κ3) is 1.82. The van der Waals surface area contributed by atoms with Gasteiger partial charge in [0.15, 0.2) is 0 Å². The first-order valence-corrected chi connectivity index (χ1v) is 5.42. The van der Waals surface area contributed by atoms with Gasteiger partial charge in [-0.2, -0.15) is 0 Å². The van der Waals surface area contributed by atoms with Gasteiger partial charge in [0.25, 0.3) is 0 Å². The molecule has 0 amide bonds. The summed E-state index contributed by atoms with van der Waals surface area (Å²) in [5, 5.41) is 6.66. The molecule has 2 heteroatoms. The molecule has 2 rings (SSSR count). The summed E-state index contributed by atoms with van der Waals surface area (Å²) in [6.45, 7) is 0. The normalized spacial score (nSPS) is 38.6. The van der Waals surface area contributed by atoms with E-state index in [4.69, 9.17) is 0 Å². The second-order valence-corrected chi connectivity index (χ2v) is 4.29. The van der Waals surface area contributed by atoms with Gasteiger partial charge in [-0.1, -0.05) is 0 Å². The van der Waals surface area contributed by atoms with Gasteiger partial charge in [-0.05, 0) is 43.9 Å². The molecule has 2 aliphatic carbocycles. The fourth-order valence-electron chi connectivity index (χ4n) is 2.53. The topological polar surface area (TPSA) is 24.1 Å². The average molecular weight is 180 g/mol. The highest BCUT2D eigenvalue weighted by atomic mass is 14.9. The average Bonchev–Trinajstić information content (AvgIpc) is 2.84. The molecular weight excluding hydrogens is 160 g/mol. The van der Waals surface area contributed by atoms with Crippen molar-refractivity contribution in [1.29, 1.82) is 0 Å². The van der Waals surface area contributed by atoms with E-state index in [2.05, 4.69) is 10.6 Å². The van der Waals surface area contributed by atoms with Crippen molar-refractivity contribution in [3.8, 4) is 0 Å². The summed E-state index contributed by atoms with van der Waals surface area (Å²) in [5.74, 6) is 2.11. The molecule has 0 aromatic carbocycles. The van der Waals surface area contributed by atoms with Gasteiger partial charge >= 0.3 is 0 Å². The van der Waals surface area contributed by atoms with E-state index in [9.17, 15) is 0 Å². The van der Waals surface area contributed by atoms with Crippen molar-refractivity contribution in [1.82, 2.24) is 10.6 Å². The van der Waals surface area contributed by atoms with Crippen molar-refractivity contribution in [3.63, 3.8) is 0 Å². The van der Waals surface area contributed by atoms with Crippen LogP contribution in [0.2, 0.25) is 0 Å². The Kier molecular flexibility index (Phi) is 2.47. The molecular formula is C11H20N2. The van der Waals surface area contributed by atoms with Crippen molar-refractivity contribution in [3.05, 3.63) is 11.4 Å². The zero-order valence-electron chi connectivity index (χ0n) is 8.69. The van der Waals surface area contributed by atoms with Crippen LogP contribution in [0.15, 0.2) is 11.4 Å². The predicted molar refractivity (Wildman–Crippen MR) is 55.2 cm³/mol. The molecule has 2 N–H and O–H groups in total. The summed E-state index contributed by atoms with van der Waals surface area (Å²) in [6.07, 6.45) is 6.77. The second kappa shape index (κ2) is 3.60. The van der Waals surface area contributed by atoms with Gasteiger partial charge in [-0.3, -0.25) is 0 Å². The lowest BCUT2D eigenvalue weighted by atomic mass is 10.0. The van der Waals surface area contributed by atoms with Gasteiger partial charge in [-0.15, -0.1) is 0 Å². The highest BCUT2D eigenvalue weighted by molar-refractivity contribution is 5.13. The second-order valence-electron chi connectivity index (χ2n) is 4.29. The molecule has 2 atom stereocenters. The molecule has 1 fully saturated rings. The monoisotopic (exact) mass is 180 g/mol. The Hall–Kier alpha value is -0.660. The Morgan fingerprint density at radius 3 is 1.77 bits per heavy atom. The SMILES string of the molecule is CN/C1=C(\NC)CCC2CC2CC1. The van der Waals surface area contributed by atoms with Gasteiger partial charge in [0.2, 0.25) is 0 Å². The Labute approximate surface area is 80.8 Å². The Bertz CT molecular complexity index is 198. The zero-order chi connectivity index (χ0) is 9.26. The molecule has 1 saturated carbocycles. The molecule has 0 aliphatic heterocycles. The van der Waals surface area contributed by atoms with E-state index >= 15 is 0 Å². The third-order valence-electron chi connectivity index (χ3n) is 3.57. The minimum absolute atomic E-state index is 1.06. The fourth-order valence-corrected chi connectivity index (χ4v) is 2.53. The van der Waals surface area contributed by atoms with E-state index < -0.39 is 0 Å². The van der Waals surface area contributed by atoms with Crippen molar-refractivity contribution in [2.24, 2.45) is 11.8 Å². The summed E-state index contributed by atoms with van der Waals surface area (Å²) in [6, 6.07) is 0. The molecule has 2 unspecified atom stereocenters. The first-order valence-electron chi connectivity index (χ1n) is 5.42. The number of rotatable bonds is 2. The van der Waals surface area contributed by atoms with Crippen molar-refractivity contribution in [2.75, 3.05) is 14.1 Å². The van der Waals surface area contributed by atoms with Gasteiger partial charge in [0.1, 0.15) is 0 Å². The summed E-state index contributed by atoms with van der Waals surface area (Å²) in [7, 11) is 4.08. The molecule has 2 nitrogen and oxygen atoms in total. The molecule has 0 aromatic heterocycles. The lowest BCUT2D eigenvalue weighted by Crippen LogP contribution is -2.18. The molecule has 0 heterocycles. The Morgan fingerprint density at radius 1 is 0.923 bits per heavy atom. The largest absolute Gasteiger partial charge is 0.390 e. The minimum atomic E-state index is 1.06. The van der Waals surface area contributed by atoms with Gasteiger partial charge in [-0.25, -0.2) is 0 Å². The Balaban J connectivity index is 2.05. The van der Waals surface area contributed by atoms with Crippen LogP contribution in [-0.2, 0) is 0 Å².